The molecule has 34 heavy (non-hydrogen) atoms. The van der Waals surface area contributed by atoms with Crippen LogP contribution in [0.2, 0.25) is 0 Å². The molecule has 6 nitrogen and oxygen atoms in total. The summed E-state index contributed by atoms with van der Waals surface area (Å²) in [6.07, 6.45) is 3.90. The number of rotatable bonds is 13. The van der Waals surface area contributed by atoms with Gasteiger partial charge in [-0.2, -0.15) is 0 Å². The SMILES string of the molecule is C=CCCCOc1cc(C)cc(C)c1-c1cccc([C@H](CC(=O)OC)NC(=O)[C@H](O)CC=C)c1. The highest BCUT2D eigenvalue weighted by atomic mass is 16.5. The molecule has 2 N–H and O–H groups in total. The van der Waals surface area contributed by atoms with Crippen LogP contribution in [0, 0.1) is 13.8 Å². The van der Waals surface area contributed by atoms with Gasteiger partial charge in [-0.25, -0.2) is 0 Å². The van der Waals surface area contributed by atoms with Crippen LogP contribution in [0.25, 0.3) is 11.1 Å². The second-order valence-electron chi connectivity index (χ2n) is 8.24. The van der Waals surface area contributed by atoms with Crippen LogP contribution < -0.4 is 10.1 Å². The van der Waals surface area contributed by atoms with Crippen LogP contribution >= 0.6 is 0 Å². The fourth-order valence-electron chi connectivity index (χ4n) is 3.77. The smallest absolute Gasteiger partial charge is 0.307 e. The Morgan fingerprint density at radius 3 is 2.59 bits per heavy atom. The van der Waals surface area contributed by atoms with E-state index in [1.54, 1.807) is 0 Å². The van der Waals surface area contributed by atoms with Crippen LogP contribution in [0.1, 0.15) is 48.4 Å². The zero-order chi connectivity index (χ0) is 25.1. The molecule has 0 aromatic heterocycles. The molecule has 0 radical (unpaired) electrons. The molecule has 0 aliphatic heterocycles. The lowest BCUT2D eigenvalue weighted by Crippen LogP contribution is -2.37. The van der Waals surface area contributed by atoms with Crippen molar-refractivity contribution >= 4 is 11.9 Å². The number of carbonyl (C=O) groups is 2. The molecular weight excluding hydrogens is 430 g/mol. The molecule has 0 aliphatic rings. The summed E-state index contributed by atoms with van der Waals surface area (Å²) in [4.78, 5) is 24.5. The van der Waals surface area contributed by atoms with E-state index in [0.717, 1.165) is 46.4 Å². The van der Waals surface area contributed by atoms with E-state index in [9.17, 15) is 14.7 Å². The molecule has 0 heterocycles. The standard InChI is InChI=1S/C28H35NO5/c1-6-8-9-14-34-25-16-19(3)15-20(4)27(25)22-13-10-12-21(17-22)23(18-26(31)33-5)29-28(32)24(30)11-7-2/h6-7,10,12-13,15-17,23-24,30H,1-2,8-9,11,14,18H2,3-5H3,(H,29,32)/t23-,24+/m0/s1. The maximum atomic E-state index is 12.5. The van der Waals surface area contributed by atoms with Gasteiger partial charge >= 0.3 is 5.97 Å². The molecule has 6 heteroatoms. The molecule has 0 aliphatic carbocycles. The minimum Gasteiger partial charge on any atom is -0.493 e. The van der Waals surface area contributed by atoms with Crippen molar-refractivity contribution in [1.29, 1.82) is 0 Å². The Balaban J connectivity index is 2.43. The zero-order valence-electron chi connectivity index (χ0n) is 20.3. The van der Waals surface area contributed by atoms with Crippen molar-refractivity contribution < 1.29 is 24.2 Å². The number of hydrogen-bond donors (Lipinski definition) is 2. The van der Waals surface area contributed by atoms with Crippen LogP contribution in [0.4, 0.5) is 0 Å². The third kappa shape index (κ3) is 7.59. The summed E-state index contributed by atoms with van der Waals surface area (Å²) in [6, 6.07) is 11.1. The van der Waals surface area contributed by atoms with E-state index >= 15 is 0 Å². The van der Waals surface area contributed by atoms with E-state index in [-0.39, 0.29) is 12.8 Å². The highest BCUT2D eigenvalue weighted by molar-refractivity contribution is 5.82. The number of aryl methyl sites for hydroxylation is 2. The minimum absolute atomic E-state index is 0.0652. The third-order valence-electron chi connectivity index (χ3n) is 5.44. The number of benzene rings is 2. The van der Waals surface area contributed by atoms with Gasteiger partial charge < -0.3 is 19.9 Å². The maximum absolute atomic E-state index is 12.5. The van der Waals surface area contributed by atoms with Crippen LogP contribution in [0.15, 0.2) is 61.7 Å². The summed E-state index contributed by atoms with van der Waals surface area (Å²) < 4.78 is 11.0. The van der Waals surface area contributed by atoms with Gasteiger partial charge in [0.2, 0.25) is 5.91 Å². The first-order chi connectivity index (χ1) is 16.3. The summed E-state index contributed by atoms with van der Waals surface area (Å²) in [5, 5.41) is 12.8. The van der Waals surface area contributed by atoms with Gasteiger partial charge in [0, 0.05) is 12.0 Å². The first-order valence-corrected chi connectivity index (χ1v) is 11.4. The number of methoxy groups -OCH3 is 1. The van der Waals surface area contributed by atoms with Gasteiger partial charge in [0.25, 0.3) is 0 Å². The first kappa shape index (κ1) is 26.9. The van der Waals surface area contributed by atoms with Gasteiger partial charge in [0.05, 0.1) is 26.2 Å². The monoisotopic (exact) mass is 465 g/mol. The van der Waals surface area contributed by atoms with Crippen LogP contribution in [-0.4, -0.2) is 36.8 Å². The lowest BCUT2D eigenvalue weighted by Gasteiger charge is -2.21. The topological polar surface area (TPSA) is 84.9 Å². The van der Waals surface area contributed by atoms with Gasteiger partial charge in [-0.1, -0.05) is 36.4 Å². The Hall–Kier alpha value is -3.38. The van der Waals surface area contributed by atoms with E-state index < -0.39 is 24.0 Å². The quantitative estimate of drug-likeness (QED) is 0.248. The van der Waals surface area contributed by atoms with Crippen LogP contribution in [-0.2, 0) is 14.3 Å². The summed E-state index contributed by atoms with van der Waals surface area (Å²) in [5.41, 5.74) is 4.75. The van der Waals surface area contributed by atoms with E-state index in [2.05, 4.69) is 24.5 Å². The molecule has 0 unspecified atom stereocenters. The van der Waals surface area contributed by atoms with Crippen molar-refractivity contribution in [3.05, 3.63) is 78.4 Å². The molecular formula is C28H35NO5. The molecule has 0 saturated heterocycles. The third-order valence-corrected chi connectivity index (χ3v) is 5.44. The molecule has 0 saturated carbocycles. The average molecular weight is 466 g/mol. The number of esters is 1. The molecule has 2 atom stereocenters. The molecule has 2 aromatic carbocycles. The van der Waals surface area contributed by atoms with Crippen LogP contribution in [0.5, 0.6) is 5.75 Å². The molecule has 0 bridgehead atoms. The molecule has 1 amide bonds. The Morgan fingerprint density at radius 1 is 1.15 bits per heavy atom. The number of amides is 1. The number of carbonyl (C=O) groups excluding carboxylic acids is 2. The van der Waals surface area contributed by atoms with Crippen molar-refractivity contribution in [2.24, 2.45) is 0 Å². The molecule has 2 aromatic rings. The van der Waals surface area contributed by atoms with Crippen molar-refractivity contribution in [2.45, 2.75) is 51.7 Å². The minimum atomic E-state index is -1.24. The predicted molar refractivity (Wildman–Crippen MR) is 135 cm³/mol. The maximum Gasteiger partial charge on any atom is 0.307 e. The number of unbranched alkanes of at least 4 members (excludes halogenated alkanes) is 1. The summed E-state index contributed by atoms with van der Waals surface area (Å²) in [7, 11) is 1.30. The van der Waals surface area contributed by atoms with E-state index in [1.807, 2.05) is 50.3 Å². The Bertz CT molecular complexity index is 1010. The summed E-state index contributed by atoms with van der Waals surface area (Å²) >= 11 is 0. The second-order valence-corrected chi connectivity index (χ2v) is 8.24. The second kappa shape index (κ2) is 13.4. The van der Waals surface area contributed by atoms with E-state index in [0.29, 0.717) is 6.61 Å². The molecule has 182 valence electrons. The fourth-order valence-corrected chi connectivity index (χ4v) is 3.77. The number of aliphatic hydroxyl groups excluding tert-OH is 1. The molecule has 0 fully saturated rings. The lowest BCUT2D eigenvalue weighted by molar-refractivity contribution is -0.141. The molecule has 2 rings (SSSR count). The van der Waals surface area contributed by atoms with Crippen molar-refractivity contribution in [1.82, 2.24) is 5.32 Å². The van der Waals surface area contributed by atoms with E-state index in [4.69, 9.17) is 9.47 Å². The number of allylic oxidation sites excluding steroid dienone is 1. The van der Waals surface area contributed by atoms with Crippen molar-refractivity contribution in [3.63, 3.8) is 0 Å². The lowest BCUT2D eigenvalue weighted by atomic mass is 9.93. The van der Waals surface area contributed by atoms with Crippen molar-refractivity contribution in [3.8, 4) is 16.9 Å². The summed E-state index contributed by atoms with van der Waals surface area (Å²) in [5.74, 6) is -0.252. The Kier molecular flexibility index (Phi) is 10.6. The number of aliphatic hydroxyl groups is 1. The van der Waals surface area contributed by atoms with Crippen LogP contribution in [0.3, 0.4) is 0 Å². The van der Waals surface area contributed by atoms with Gasteiger partial charge in [-0.15, -0.1) is 13.2 Å². The van der Waals surface area contributed by atoms with Gasteiger partial charge in [0.1, 0.15) is 11.9 Å². The normalized spacial score (nSPS) is 12.4. The number of nitrogens with one attached hydrogen (secondary N) is 1. The van der Waals surface area contributed by atoms with Crippen molar-refractivity contribution in [2.75, 3.05) is 13.7 Å². The highest BCUT2D eigenvalue weighted by Gasteiger charge is 2.23. The zero-order valence-corrected chi connectivity index (χ0v) is 20.3. The predicted octanol–water partition coefficient (Wildman–Crippen LogP) is 4.97. The van der Waals surface area contributed by atoms with Gasteiger partial charge in [-0.05, 0) is 61.1 Å². The van der Waals surface area contributed by atoms with E-state index in [1.165, 1.54) is 13.2 Å². The van der Waals surface area contributed by atoms with Gasteiger partial charge in [0.15, 0.2) is 0 Å². The summed E-state index contributed by atoms with van der Waals surface area (Å²) in [6.45, 7) is 11.9. The Labute approximate surface area is 202 Å². The molecule has 0 spiro atoms. The average Bonchev–Trinajstić information content (AvgIpc) is 2.81. The number of ether oxygens (including phenoxy) is 2. The van der Waals surface area contributed by atoms with Gasteiger partial charge in [-0.3, -0.25) is 9.59 Å². The first-order valence-electron chi connectivity index (χ1n) is 11.4. The largest absolute Gasteiger partial charge is 0.493 e. The number of hydrogen-bond acceptors (Lipinski definition) is 5. The highest BCUT2D eigenvalue weighted by Crippen LogP contribution is 2.36. The fraction of sp³-hybridized carbons (Fsp3) is 0.357. The Morgan fingerprint density at radius 2 is 1.91 bits per heavy atom.